The molecule has 6 aromatic rings. The third-order valence-corrected chi connectivity index (χ3v) is 9.32. The first-order valence-electron chi connectivity index (χ1n) is 16.5. The van der Waals surface area contributed by atoms with Crippen molar-refractivity contribution in [1.29, 1.82) is 0 Å². The lowest BCUT2D eigenvalue weighted by atomic mass is 9.69. The number of ketones is 3. The summed E-state index contributed by atoms with van der Waals surface area (Å²) in [7, 11) is 0. The van der Waals surface area contributed by atoms with E-state index in [1.54, 1.807) is 30.3 Å². The van der Waals surface area contributed by atoms with Crippen molar-refractivity contribution < 1.29 is 39.3 Å². The minimum absolute atomic E-state index is 0.0224. The van der Waals surface area contributed by atoms with E-state index in [2.05, 4.69) is 20.4 Å². The van der Waals surface area contributed by atoms with Crippen LogP contribution in [0.5, 0.6) is 0 Å². The molecule has 1 aliphatic heterocycles. The molecule has 268 valence electrons. The van der Waals surface area contributed by atoms with E-state index >= 15 is 0 Å². The molecular formula is C39H32ClN5O8. The number of ether oxygens (including phenoxy) is 1. The standard InChI is InChI=1S/C39H32ClN5O8/c40-37-42-34(44-52-22-21-24-13-5-1-6-14-24)28-35(43-37)45(23-41-28)36-39(51,32(49)27-19-11-4-12-20-27)38(50,31(48)26-17-9-3-10-18-26)33(53-36)30(47)29(46)25-15-7-2-8-16-25/h1-20,23,30,33,36,47,50-51H,21-22H2,(H,42,43,44)/t30?,33-,36-,38-,39+/m1/s1. The normalized spacial score (nSPS) is 21.7. The quantitative estimate of drug-likeness (QED) is 0.0567. The maximum atomic E-state index is 14.7. The Bertz CT molecular complexity index is 2260. The predicted octanol–water partition coefficient (Wildman–Crippen LogP) is 4.44. The van der Waals surface area contributed by atoms with Gasteiger partial charge in [-0.1, -0.05) is 121 Å². The Kier molecular flexibility index (Phi) is 9.94. The number of anilines is 1. The molecule has 0 spiro atoms. The van der Waals surface area contributed by atoms with Gasteiger partial charge in [-0.3, -0.25) is 23.8 Å². The number of hydrogen-bond acceptors (Lipinski definition) is 12. The summed E-state index contributed by atoms with van der Waals surface area (Å²) in [5, 5.41) is 37.1. The number of fused-ring (bicyclic) bond motifs is 1. The van der Waals surface area contributed by atoms with E-state index in [1.165, 1.54) is 60.7 Å². The molecule has 1 fully saturated rings. The minimum Gasteiger partial charge on any atom is -0.382 e. The van der Waals surface area contributed by atoms with Gasteiger partial charge >= 0.3 is 0 Å². The summed E-state index contributed by atoms with van der Waals surface area (Å²) in [6.07, 6.45) is -4.80. The van der Waals surface area contributed by atoms with Crippen molar-refractivity contribution in [3.8, 4) is 0 Å². The molecule has 53 heavy (non-hydrogen) atoms. The number of Topliss-reactive ketones (excluding diaryl/α,β-unsaturated/α-hetero) is 3. The average Bonchev–Trinajstić information content (AvgIpc) is 3.72. The highest BCUT2D eigenvalue weighted by Crippen LogP contribution is 2.51. The number of hydrogen-bond donors (Lipinski definition) is 4. The summed E-state index contributed by atoms with van der Waals surface area (Å²) in [5.74, 6) is -3.26. The van der Waals surface area contributed by atoms with Gasteiger partial charge in [-0.05, 0) is 23.6 Å². The Hall–Kier alpha value is -5.67. The van der Waals surface area contributed by atoms with Gasteiger partial charge in [0.25, 0.3) is 0 Å². The summed E-state index contributed by atoms with van der Waals surface area (Å²) in [4.78, 5) is 61.5. The molecular weight excluding hydrogens is 702 g/mol. The third kappa shape index (κ3) is 6.39. The second-order valence-corrected chi connectivity index (χ2v) is 12.7. The fourth-order valence-corrected chi connectivity index (χ4v) is 6.66. The first-order chi connectivity index (χ1) is 25.6. The van der Waals surface area contributed by atoms with Gasteiger partial charge in [-0.2, -0.15) is 9.97 Å². The van der Waals surface area contributed by atoms with Crippen molar-refractivity contribution in [2.24, 2.45) is 0 Å². The third-order valence-electron chi connectivity index (χ3n) is 9.15. The number of carbonyl (C=O) groups excluding carboxylic acids is 3. The highest BCUT2D eigenvalue weighted by molar-refractivity contribution is 6.28. The highest BCUT2D eigenvalue weighted by atomic mass is 35.5. The lowest BCUT2D eigenvalue weighted by Gasteiger charge is -2.39. The molecule has 0 bridgehead atoms. The maximum absolute atomic E-state index is 14.7. The molecule has 1 aliphatic rings. The summed E-state index contributed by atoms with van der Waals surface area (Å²) < 4.78 is 7.30. The van der Waals surface area contributed by atoms with Crippen molar-refractivity contribution in [3.05, 3.63) is 155 Å². The van der Waals surface area contributed by atoms with Gasteiger partial charge in [0.2, 0.25) is 22.5 Å². The molecule has 2 aromatic heterocycles. The van der Waals surface area contributed by atoms with Gasteiger partial charge in [0.1, 0.15) is 12.2 Å². The van der Waals surface area contributed by atoms with E-state index in [1.807, 2.05) is 30.3 Å². The molecule has 0 aliphatic carbocycles. The van der Waals surface area contributed by atoms with Crippen LogP contribution in [-0.4, -0.2) is 82.2 Å². The first-order valence-corrected chi connectivity index (χ1v) is 16.9. The monoisotopic (exact) mass is 733 g/mol. The summed E-state index contributed by atoms with van der Waals surface area (Å²) >= 11 is 6.36. The lowest BCUT2D eigenvalue weighted by molar-refractivity contribution is -0.107. The Balaban J connectivity index is 1.36. The minimum atomic E-state index is -3.29. The van der Waals surface area contributed by atoms with Crippen LogP contribution in [-0.2, 0) is 16.0 Å². The Labute approximate surface area is 307 Å². The van der Waals surface area contributed by atoms with Crippen molar-refractivity contribution >= 4 is 45.9 Å². The molecule has 1 saturated heterocycles. The molecule has 0 amide bonds. The first kappa shape index (κ1) is 35.7. The molecule has 0 radical (unpaired) electrons. The Morgan fingerprint density at radius 2 is 1.32 bits per heavy atom. The number of carbonyl (C=O) groups is 3. The number of aliphatic hydroxyl groups is 3. The van der Waals surface area contributed by atoms with Crippen LogP contribution in [0.2, 0.25) is 5.28 Å². The maximum Gasteiger partial charge on any atom is 0.226 e. The topological polar surface area (TPSA) is 186 Å². The Morgan fingerprint density at radius 1 is 0.792 bits per heavy atom. The van der Waals surface area contributed by atoms with E-state index in [0.29, 0.717) is 6.42 Å². The molecule has 13 nitrogen and oxygen atoms in total. The van der Waals surface area contributed by atoms with Gasteiger partial charge in [0.05, 0.1) is 12.9 Å². The number of aromatic nitrogens is 4. The van der Waals surface area contributed by atoms with Gasteiger partial charge < -0.3 is 20.1 Å². The van der Waals surface area contributed by atoms with Crippen molar-refractivity contribution in [3.63, 3.8) is 0 Å². The number of nitrogens with zero attached hydrogens (tertiary/aromatic N) is 4. The lowest BCUT2D eigenvalue weighted by Crippen LogP contribution is -2.68. The van der Waals surface area contributed by atoms with Crippen LogP contribution in [0.1, 0.15) is 42.9 Å². The molecule has 3 heterocycles. The fraction of sp³-hybridized carbons (Fsp3) is 0.179. The van der Waals surface area contributed by atoms with Crippen LogP contribution < -0.4 is 5.48 Å². The number of imidazole rings is 1. The van der Waals surface area contributed by atoms with Gasteiger partial charge in [0.15, 0.2) is 34.6 Å². The van der Waals surface area contributed by atoms with Gasteiger partial charge in [-0.25, -0.2) is 10.5 Å². The molecule has 0 saturated carbocycles. The molecule has 5 atom stereocenters. The van der Waals surface area contributed by atoms with E-state index in [9.17, 15) is 29.7 Å². The molecule has 7 rings (SSSR count). The molecule has 4 N–H and O–H groups in total. The van der Waals surface area contributed by atoms with Gasteiger partial charge in [-0.15, -0.1) is 0 Å². The second kappa shape index (κ2) is 14.8. The van der Waals surface area contributed by atoms with Gasteiger partial charge in [0, 0.05) is 16.7 Å². The summed E-state index contributed by atoms with van der Waals surface area (Å²) in [6, 6.07) is 32.1. The predicted molar refractivity (Wildman–Crippen MR) is 192 cm³/mol. The number of benzene rings is 4. The summed E-state index contributed by atoms with van der Waals surface area (Å²) in [6.45, 7) is 0.231. The van der Waals surface area contributed by atoms with Crippen LogP contribution in [0.15, 0.2) is 128 Å². The zero-order valence-corrected chi connectivity index (χ0v) is 28.6. The van der Waals surface area contributed by atoms with E-state index < -0.39 is 47.0 Å². The number of halogens is 1. The zero-order valence-electron chi connectivity index (χ0n) is 27.8. The SMILES string of the molecule is O=C(c1ccccc1)C(O)[C@H]1O[C@@H](n2cnc3c(NOCCc4ccccc4)nc(Cl)nc32)[C@@](O)(C(=O)c2ccccc2)[C@@]1(O)C(=O)c1ccccc1. The van der Waals surface area contributed by atoms with E-state index in [0.717, 1.165) is 16.5 Å². The van der Waals surface area contributed by atoms with Crippen LogP contribution >= 0.6 is 11.6 Å². The van der Waals surface area contributed by atoms with Crippen LogP contribution in [0.25, 0.3) is 11.2 Å². The van der Waals surface area contributed by atoms with E-state index in [4.69, 9.17) is 21.2 Å². The highest BCUT2D eigenvalue weighted by Gasteiger charge is 2.75. The van der Waals surface area contributed by atoms with Crippen molar-refractivity contribution in [2.75, 3.05) is 12.1 Å². The molecule has 4 aromatic carbocycles. The Morgan fingerprint density at radius 3 is 1.91 bits per heavy atom. The zero-order chi connectivity index (χ0) is 37.2. The van der Waals surface area contributed by atoms with E-state index in [-0.39, 0.29) is 45.6 Å². The fourth-order valence-electron chi connectivity index (χ4n) is 6.49. The smallest absolute Gasteiger partial charge is 0.226 e. The number of nitrogens with one attached hydrogen (secondary N) is 1. The number of aliphatic hydroxyl groups excluding tert-OH is 1. The average molecular weight is 734 g/mol. The number of rotatable bonds is 13. The van der Waals surface area contributed by atoms with Crippen LogP contribution in [0.4, 0.5) is 5.82 Å². The van der Waals surface area contributed by atoms with Crippen LogP contribution in [0.3, 0.4) is 0 Å². The van der Waals surface area contributed by atoms with Crippen LogP contribution in [0, 0.1) is 0 Å². The molecule has 14 heteroatoms. The largest absolute Gasteiger partial charge is 0.382 e. The van der Waals surface area contributed by atoms with Crippen molar-refractivity contribution in [1.82, 2.24) is 19.5 Å². The molecule has 1 unspecified atom stereocenters. The van der Waals surface area contributed by atoms with Crippen molar-refractivity contribution in [2.45, 2.75) is 36.1 Å². The second-order valence-electron chi connectivity index (χ2n) is 12.4. The summed E-state index contributed by atoms with van der Waals surface area (Å²) in [5.41, 5.74) is -3.05.